The van der Waals surface area contributed by atoms with Crippen LogP contribution in [0.5, 0.6) is 0 Å². The molecule has 0 saturated carbocycles. The summed E-state index contributed by atoms with van der Waals surface area (Å²) in [5.74, 6) is -0.137. The largest absolute Gasteiger partial charge is 0.390 e. The average Bonchev–Trinajstić information content (AvgIpc) is 2.08. The van der Waals surface area contributed by atoms with Gasteiger partial charge in [-0.1, -0.05) is 13.0 Å². The third-order valence-corrected chi connectivity index (χ3v) is 1.94. The van der Waals surface area contributed by atoms with Crippen molar-refractivity contribution in [1.29, 1.82) is 0 Å². The highest BCUT2D eigenvalue weighted by molar-refractivity contribution is 5.94. The van der Waals surface area contributed by atoms with Crippen LogP contribution >= 0.6 is 0 Å². The van der Waals surface area contributed by atoms with Crippen molar-refractivity contribution < 1.29 is 14.6 Å². The number of aliphatic hydroxyl groups excluding tert-OH is 1. The van der Waals surface area contributed by atoms with Crippen LogP contribution in [0.3, 0.4) is 0 Å². The predicted molar refractivity (Wildman–Crippen MR) is 44.8 cm³/mol. The first-order valence-electron chi connectivity index (χ1n) is 4.20. The zero-order valence-corrected chi connectivity index (χ0v) is 7.36. The molecule has 0 fully saturated rings. The second kappa shape index (κ2) is 3.83. The van der Waals surface area contributed by atoms with E-state index in [2.05, 4.69) is 0 Å². The zero-order valence-electron chi connectivity index (χ0n) is 7.36. The number of hydrogen-bond donors (Lipinski definition) is 1. The molecule has 0 amide bonds. The maximum absolute atomic E-state index is 11.2. The van der Waals surface area contributed by atoms with Crippen LogP contribution in [0, 0.1) is 0 Å². The third-order valence-electron chi connectivity index (χ3n) is 1.94. The van der Waals surface area contributed by atoms with Crippen LogP contribution < -0.4 is 0 Å². The summed E-state index contributed by atoms with van der Waals surface area (Å²) in [6.07, 6.45) is 2.31. The Morgan fingerprint density at radius 2 is 2.42 bits per heavy atom. The molecule has 68 valence electrons. The highest BCUT2D eigenvalue weighted by Crippen LogP contribution is 2.13. The van der Waals surface area contributed by atoms with Crippen LogP contribution in [0.4, 0.5) is 0 Å². The maximum Gasteiger partial charge on any atom is 0.186 e. The summed E-state index contributed by atoms with van der Waals surface area (Å²) >= 11 is 0. The molecule has 3 atom stereocenters. The molecule has 0 aromatic rings. The van der Waals surface area contributed by atoms with Gasteiger partial charge in [0.2, 0.25) is 0 Å². The number of carbonyl (C=O) groups excluding carboxylic acids is 1. The molecule has 3 nitrogen and oxygen atoms in total. The first-order valence-corrected chi connectivity index (χ1v) is 4.20. The molecule has 1 rings (SSSR count). The van der Waals surface area contributed by atoms with Gasteiger partial charge in [0, 0.05) is 0 Å². The number of ketones is 1. The van der Waals surface area contributed by atoms with Crippen LogP contribution in [-0.2, 0) is 9.53 Å². The molecule has 0 saturated heterocycles. The fraction of sp³-hybridized carbons (Fsp3) is 0.667. The lowest BCUT2D eigenvalue weighted by Crippen LogP contribution is -2.39. The van der Waals surface area contributed by atoms with Crippen LogP contribution in [0.15, 0.2) is 12.2 Å². The molecule has 0 aliphatic carbocycles. The third kappa shape index (κ3) is 1.93. The number of rotatable bonds is 2. The zero-order chi connectivity index (χ0) is 9.14. The van der Waals surface area contributed by atoms with Gasteiger partial charge in [-0.2, -0.15) is 0 Å². The van der Waals surface area contributed by atoms with E-state index in [9.17, 15) is 9.90 Å². The number of ether oxygens (including phenoxy) is 1. The molecule has 0 aromatic heterocycles. The molecule has 12 heavy (non-hydrogen) atoms. The lowest BCUT2D eigenvalue weighted by atomic mass is 10.0. The van der Waals surface area contributed by atoms with Crippen LogP contribution in [0.25, 0.3) is 0 Å². The van der Waals surface area contributed by atoms with E-state index in [1.807, 2.05) is 13.8 Å². The lowest BCUT2D eigenvalue weighted by molar-refractivity contribution is -0.138. The molecule has 1 N–H and O–H groups in total. The Hall–Kier alpha value is -0.670. The van der Waals surface area contributed by atoms with Gasteiger partial charge in [-0.3, -0.25) is 4.79 Å². The van der Waals surface area contributed by atoms with Crippen molar-refractivity contribution in [2.75, 3.05) is 0 Å². The van der Waals surface area contributed by atoms with Gasteiger partial charge in [-0.05, 0) is 19.4 Å². The molecule has 3 heteroatoms. The molecule has 1 aliphatic heterocycles. The van der Waals surface area contributed by atoms with E-state index in [0.29, 0.717) is 6.42 Å². The van der Waals surface area contributed by atoms with E-state index in [1.54, 1.807) is 6.08 Å². The fourth-order valence-electron chi connectivity index (χ4n) is 1.16. The van der Waals surface area contributed by atoms with E-state index >= 15 is 0 Å². The van der Waals surface area contributed by atoms with Gasteiger partial charge in [0.15, 0.2) is 5.78 Å². The maximum atomic E-state index is 11.2. The number of hydrogen-bond acceptors (Lipinski definition) is 3. The molecular weight excluding hydrogens is 156 g/mol. The molecule has 0 bridgehead atoms. The first-order chi connectivity index (χ1) is 5.65. The summed E-state index contributed by atoms with van der Waals surface area (Å²) in [5, 5.41) is 9.39. The normalized spacial score (nSPS) is 32.1. The quantitative estimate of drug-likeness (QED) is 0.662. The van der Waals surface area contributed by atoms with Crippen molar-refractivity contribution in [2.24, 2.45) is 0 Å². The molecule has 3 unspecified atom stereocenters. The van der Waals surface area contributed by atoms with Crippen molar-refractivity contribution in [3.8, 4) is 0 Å². The Kier molecular flexibility index (Phi) is 3.00. The van der Waals surface area contributed by atoms with Gasteiger partial charge in [0.25, 0.3) is 0 Å². The summed E-state index contributed by atoms with van der Waals surface area (Å²) in [6, 6.07) is 0. The Labute approximate surface area is 72.0 Å². The first kappa shape index (κ1) is 9.42. The monoisotopic (exact) mass is 170 g/mol. The highest BCUT2D eigenvalue weighted by Gasteiger charge is 2.28. The standard InChI is InChI=1S/C9H14O3/c1-3-7(10)9-8(11)5-4-6(2)12-9/h4-7,9-10H,3H2,1-2H3. The number of carbonyl (C=O) groups is 1. The summed E-state index contributed by atoms with van der Waals surface area (Å²) in [4.78, 5) is 11.2. The molecule has 0 aromatic carbocycles. The van der Waals surface area contributed by atoms with Crippen molar-refractivity contribution >= 4 is 5.78 Å². The van der Waals surface area contributed by atoms with E-state index in [1.165, 1.54) is 6.08 Å². The fourth-order valence-corrected chi connectivity index (χ4v) is 1.16. The van der Waals surface area contributed by atoms with Crippen LogP contribution in [0.2, 0.25) is 0 Å². The summed E-state index contributed by atoms with van der Waals surface area (Å²) < 4.78 is 5.26. The van der Waals surface area contributed by atoms with E-state index in [0.717, 1.165) is 0 Å². The van der Waals surface area contributed by atoms with Crippen molar-refractivity contribution in [3.63, 3.8) is 0 Å². The van der Waals surface area contributed by atoms with Crippen LogP contribution in [0.1, 0.15) is 20.3 Å². The minimum atomic E-state index is -0.676. The van der Waals surface area contributed by atoms with Gasteiger partial charge in [0.05, 0.1) is 12.2 Å². The van der Waals surface area contributed by atoms with Gasteiger partial charge in [-0.15, -0.1) is 0 Å². The molecule has 1 aliphatic rings. The Balaban J connectivity index is 2.65. The molecule has 1 heterocycles. The molecular formula is C9H14O3. The van der Waals surface area contributed by atoms with E-state index in [4.69, 9.17) is 4.74 Å². The Bertz CT molecular complexity index is 198. The van der Waals surface area contributed by atoms with Crippen molar-refractivity contribution in [3.05, 3.63) is 12.2 Å². The molecule has 0 spiro atoms. The topological polar surface area (TPSA) is 46.5 Å². The second-order valence-corrected chi connectivity index (χ2v) is 3.00. The van der Waals surface area contributed by atoms with E-state index < -0.39 is 12.2 Å². The van der Waals surface area contributed by atoms with Gasteiger partial charge in [0.1, 0.15) is 6.10 Å². The SMILES string of the molecule is CCC(O)C1OC(C)C=CC1=O. The Morgan fingerprint density at radius 1 is 1.75 bits per heavy atom. The summed E-state index contributed by atoms with van der Waals surface area (Å²) in [7, 11) is 0. The van der Waals surface area contributed by atoms with Crippen molar-refractivity contribution in [1.82, 2.24) is 0 Å². The van der Waals surface area contributed by atoms with E-state index in [-0.39, 0.29) is 11.9 Å². The summed E-state index contributed by atoms with van der Waals surface area (Å²) in [5.41, 5.74) is 0. The highest BCUT2D eigenvalue weighted by atomic mass is 16.5. The number of aliphatic hydroxyl groups is 1. The lowest BCUT2D eigenvalue weighted by Gasteiger charge is -2.25. The second-order valence-electron chi connectivity index (χ2n) is 3.00. The molecule has 0 radical (unpaired) electrons. The smallest absolute Gasteiger partial charge is 0.186 e. The van der Waals surface area contributed by atoms with Crippen LogP contribution in [-0.4, -0.2) is 29.2 Å². The Morgan fingerprint density at radius 3 is 3.00 bits per heavy atom. The average molecular weight is 170 g/mol. The minimum absolute atomic E-state index is 0.0751. The van der Waals surface area contributed by atoms with Crippen molar-refractivity contribution in [2.45, 2.75) is 38.6 Å². The summed E-state index contributed by atoms with van der Waals surface area (Å²) in [6.45, 7) is 3.67. The van der Waals surface area contributed by atoms with Gasteiger partial charge >= 0.3 is 0 Å². The van der Waals surface area contributed by atoms with Gasteiger partial charge < -0.3 is 9.84 Å². The van der Waals surface area contributed by atoms with Gasteiger partial charge in [-0.25, -0.2) is 0 Å². The minimum Gasteiger partial charge on any atom is -0.390 e. The predicted octanol–water partition coefficient (Wildman–Crippen LogP) is 0.670.